The second-order valence-electron chi connectivity index (χ2n) is 6.12. The summed E-state index contributed by atoms with van der Waals surface area (Å²) in [6.45, 7) is 2.88. The average Bonchev–Trinajstić information content (AvgIpc) is 2.77. The highest BCUT2D eigenvalue weighted by atomic mass is 15.2. The van der Waals surface area contributed by atoms with E-state index in [0.29, 0.717) is 0 Å². The molecule has 2 heterocycles. The lowest BCUT2D eigenvalue weighted by Crippen LogP contribution is -2.50. The second kappa shape index (κ2) is 2.75. The molecule has 2 aliphatic heterocycles. The lowest BCUT2D eigenvalue weighted by Gasteiger charge is -2.46. The van der Waals surface area contributed by atoms with Gasteiger partial charge in [-0.2, -0.15) is 0 Å². The Bertz CT molecular complexity index is 200. The highest BCUT2D eigenvalue weighted by molar-refractivity contribution is 5.05. The summed E-state index contributed by atoms with van der Waals surface area (Å²) in [4.78, 5) is 2.85. The van der Waals surface area contributed by atoms with Crippen LogP contribution in [-0.4, -0.2) is 24.0 Å². The first kappa shape index (κ1) is 8.15. The fourth-order valence-corrected chi connectivity index (χ4v) is 5.27. The van der Waals surface area contributed by atoms with Gasteiger partial charge >= 0.3 is 0 Å². The molecule has 78 valence electrons. The van der Waals surface area contributed by atoms with Crippen LogP contribution in [0.3, 0.4) is 0 Å². The maximum absolute atomic E-state index is 2.85. The van der Waals surface area contributed by atoms with Crippen LogP contribution in [-0.2, 0) is 0 Å². The monoisotopic (exact) mass is 191 g/mol. The molecule has 0 spiro atoms. The second-order valence-corrected chi connectivity index (χ2v) is 6.12. The van der Waals surface area contributed by atoms with Crippen LogP contribution in [0.25, 0.3) is 0 Å². The molecule has 0 aromatic rings. The first-order chi connectivity index (χ1) is 6.93. The van der Waals surface area contributed by atoms with Crippen molar-refractivity contribution in [1.29, 1.82) is 0 Å². The molecular formula is C13H21N. The van der Waals surface area contributed by atoms with E-state index in [0.717, 1.165) is 29.7 Å². The van der Waals surface area contributed by atoms with Gasteiger partial charge in [0.25, 0.3) is 0 Å². The first-order valence-electron chi connectivity index (χ1n) is 6.67. The topological polar surface area (TPSA) is 3.24 Å². The largest absolute Gasteiger partial charge is 0.300 e. The normalized spacial score (nSPS) is 56.1. The number of piperidine rings is 1. The van der Waals surface area contributed by atoms with Crippen LogP contribution >= 0.6 is 0 Å². The molecule has 0 amide bonds. The van der Waals surface area contributed by atoms with Gasteiger partial charge in [-0.25, -0.2) is 0 Å². The van der Waals surface area contributed by atoms with Crippen molar-refractivity contribution in [3.05, 3.63) is 0 Å². The number of hydrogen-bond donors (Lipinski definition) is 0. The number of nitrogens with zero attached hydrogens (tertiary/aromatic N) is 1. The van der Waals surface area contributed by atoms with Gasteiger partial charge in [0, 0.05) is 6.04 Å². The molecule has 14 heavy (non-hydrogen) atoms. The summed E-state index contributed by atoms with van der Waals surface area (Å²) in [5.41, 5.74) is 0. The third-order valence-electron chi connectivity index (χ3n) is 5.78. The summed E-state index contributed by atoms with van der Waals surface area (Å²) in [7, 11) is 0. The van der Waals surface area contributed by atoms with Crippen molar-refractivity contribution in [3.8, 4) is 0 Å². The molecule has 2 saturated carbocycles. The molecule has 5 atom stereocenters. The third kappa shape index (κ3) is 0.900. The molecule has 0 N–H and O–H groups in total. The van der Waals surface area contributed by atoms with Crippen LogP contribution in [0.1, 0.15) is 38.5 Å². The maximum Gasteiger partial charge on any atom is 0.0157 e. The van der Waals surface area contributed by atoms with Crippen LogP contribution in [0.5, 0.6) is 0 Å². The SMILES string of the molecule is C1CC2CCN3CCC4CCC1C2C43. The van der Waals surface area contributed by atoms with E-state index in [1.807, 2.05) is 0 Å². The Labute approximate surface area is 86.9 Å². The van der Waals surface area contributed by atoms with E-state index < -0.39 is 0 Å². The fraction of sp³-hybridized carbons (Fsp3) is 1.00. The lowest BCUT2D eigenvalue weighted by molar-refractivity contribution is 0.0251. The van der Waals surface area contributed by atoms with Crippen LogP contribution in [0.4, 0.5) is 0 Å². The summed E-state index contributed by atoms with van der Waals surface area (Å²) in [6.07, 6.45) is 9.36. The molecule has 0 bridgehead atoms. The summed E-state index contributed by atoms with van der Waals surface area (Å²) >= 11 is 0. The van der Waals surface area contributed by atoms with E-state index in [1.165, 1.54) is 25.9 Å². The van der Waals surface area contributed by atoms with Crippen molar-refractivity contribution < 1.29 is 0 Å². The van der Waals surface area contributed by atoms with Crippen molar-refractivity contribution in [1.82, 2.24) is 4.90 Å². The van der Waals surface area contributed by atoms with Crippen LogP contribution in [0, 0.1) is 23.7 Å². The van der Waals surface area contributed by atoms with Gasteiger partial charge in [0.05, 0.1) is 0 Å². The van der Waals surface area contributed by atoms with Crippen molar-refractivity contribution in [2.45, 2.75) is 44.6 Å². The predicted octanol–water partition coefficient (Wildman–Crippen LogP) is 2.52. The van der Waals surface area contributed by atoms with Crippen molar-refractivity contribution in [3.63, 3.8) is 0 Å². The lowest BCUT2D eigenvalue weighted by atomic mass is 9.68. The molecule has 4 fully saturated rings. The summed E-state index contributed by atoms with van der Waals surface area (Å²) in [6, 6.07) is 1.05. The Hall–Kier alpha value is -0.0400. The molecule has 1 heteroatoms. The number of rotatable bonds is 0. The molecule has 4 rings (SSSR count). The predicted molar refractivity (Wildman–Crippen MR) is 57.0 cm³/mol. The smallest absolute Gasteiger partial charge is 0.0157 e. The molecule has 2 aliphatic carbocycles. The van der Waals surface area contributed by atoms with Gasteiger partial charge in [0.2, 0.25) is 0 Å². The van der Waals surface area contributed by atoms with Gasteiger partial charge in [-0.15, -0.1) is 0 Å². The molecule has 0 aromatic carbocycles. The molecule has 4 aliphatic rings. The van der Waals surface area contributed by atoms with Crippen LogP contribution in [0.15, 0.2) is 0 Å². The minimum absolute atomic E-state index is 1.05. The minimum Gasteiger partial charge on any atom is -0.300 e. The van der Waals surface area contributed by atoms with E-state index in [4.69, 9.17) is 0 Å². The summed E-state index contributed by atoms with van der Waals surface area (Å²) in [5, 5.41) is 0. The third-order valence-corrected chi connectivity index (χ3v) is 5.78. The zero-order valence-corrected chi connectivity index (χ0v) is 8.99. The van der Waals surface area contributed by atoms with Gasteiger partial charge in [0.1, 0.15) is 0 Å². The van der Waals surface area contributed by atoms with E-state index in [2.05, 4.69) is 4.90 Å². The molecule has 1 nitrogen and oxygen atoms in total. The zero-order valence-electron chi connectivity index (χ0n) is 8.99. The Morgan fingerprint density at radius 2 is 1.21 bits per heavy atom. The molecular weight excluding hydrogens is 170 g/mol. The van der Waals surface area contributed by atoms with Crippen molar-refractivity contribution in [2.24, 2.45) is 23.7 Å². The average molecular weight is 191 g/mol. The first-order valence-corrected chi connectivity index (χ1v) is 6.67. The van der Waals surface area contributed by atoms with Gasteiger partial charge in [0.15, 0.2) is 0 Å². The Morgan fingerprint density at radius 3 is 2.00 bits per heavy atom. The van der Waals surface area contributed by atoms with E-state index in [9.17, 15) is 0 Å². The van der Waals surface area contributed by atoms with E-state index >= 15 is 0 Å². The van der Waals surface area contributed by atoms with Gasteiger partial charge in [-0.3, -0.25) is 4.90 Å². The Morgan fingerprint density at radius 1 is 0.643 bits per heavy atom. The summed E-state index contributed by atoms with van der Waals surface area (Å²) in [5.74, 6) is 4.53. The van der Waals surface area contributed by atoms with Gasteiger partial charge < -0.3 is 0 Å². The molecule has 0 aromatic heterocycles. The molecule has 5 unspecified atom stereocenters. The van der Waals surface area contributed by atoms with Gasteiger partial charge in [-0.05, 0) is 75.3 Å². The summed E-state index contributed by atoms with van der Waals surface area (Å²) < 4.78 is 0. The van der Waals surface area contributed by atoms with E-state index in [1.54, 1.807) is 25.7 Å². The molecule has 2 saturated heterocycles. The van der Waals surface area contributed by atoms with E-state index in [-0.39, 0.29) is 0 Å². The number of hydrogen-bond acceptors (Lipinski definition) is 1. The Balaban J connectivity index is 1.73. The van der Waals surface area contributed by atoms with Crippen LogP contribution in [0.2, 0.25) is 0 Å². The zero-order chi connectivity index (χ0) is 9.12. The standard InChI is InChI=1S/C13H21N/c1-2-10-5-7-14-8-6-11-4-3-9(1)12(10)13(11)14/h9-13H,1-8H2. The minimum atomic E-state index is 1.05. The highest BCUT2D eigenvalue weighted by Crippen LogP contribution is 2.55. The van der Waals surface area contributed by atoms with Crippen molar-refractivity contribution in [2.75, 3.05) is 13.1 Å². The maximum atomic E-state index is 2.85. The Kier molecular flexibility index (Phi) is 1.60. The van der Waals surface area contributed by atoms with Crippen LogP contribution < -0.4 is 0 Å². The molecule has 0 radical (unpaired) electrons. The van der Waals surface area contributed by atoms with Crippen molar-refractivity contribution >= 4 is 0 Å². The quantitative estimate of drug-likeness (QED) is 0.568. The fourth-order valence-electron chi connectivity index (χ4n) is 5.27. The highest BCUT2D eigenvalue weighted by Gasteiger charge is 2.52. The van der Waals surface area contributed by atoms with Gasteiger partial charge in [-0.1, -0.05) is 0 Å².